The topological polar surface area (TPSA) is 26.3 Å². The monoisotopic (exact) mass is 276 g/mol. The molecule has 0 aliphatic rings. The molecule has 0 saturated heterocycles. The molecular formula is C16H24O2Si. The lowest BCUT2D eigenvalue weighted by atomic mass is 10.2. The van der Waals surface area contributed by atoms with Crippen LogP contribution in [0, 0.1) is 0 Å². The summed E-state index contributed by atoms with van der Waals surface area (Å²) in [5, 5.41) is 2.63. The van der Waals surface area contributed by atoms with Gasteiger partial charge in [-0.1, -0.05) is 59.4 Å². The van der Waals surface area contributed by atoms with Crippen molar-refractivity contribution >= 4 is 19.2 Å². The van der Waals surface area contributed by atoms with Crippen molar-refractivity contribution in [2.24, 2.45) is 0 Å². The molecule has 2 nitrogen and oxygen atoms in total. The molecule has 3 heteroatoms. The van der Waals surface area contributed by atoms with Crippen molar-refractivity contribution in [3.8, 4) is 0 Å². The number of benzene rings is 1. The number of allylic oxidation sites excluding steroid dienone is 1. The molecule has 0 spiro atoms. The molecule has 0 N–H and O–H groups in total. The molecule has 0 bridgehead atoms. The Morgan fingerprint density at radius 1 is 1.16 bits per heavy atom. The molecule has 1 aromatic rings. The van der Waals surface area contributed by atoms with Crippen molar-refractivity contribution in [2.45, 2.75) is 40.3 Å². The van der Waals surface area contributed by atoms with E-state index < -0.39 is 8.07 Å². The van der Waals surface area contributed by atoms with Gasteiger partial charge in [-0.25, -0.2) is 0 Å². The quantitative estimate of drug-likeness (QED) is 0.608. The highest BCUT2D eigenvalue weighted by molar-refractivity contribution is 6.95. The van der Waals surface area contributed by atoms with E-state index in [1.54, 1.807) is 0 Å². The fourth-order valence-corrected chi connectivity index (χ4v) is 5.62. The number of hydrogen-bond acceptors (Lipinski definition) is 2. The van der Waals surface area contributed by atoms with Gasteiger partial charge in [0.2, 0.25) is 0 Å². The van der Waals surface area contributed by atoms with E-state index in [0.717, 1.165) is 0 Å². The Labute approximate surface area is 117 Å². The van der Waals surface area contributed by atoms with Crippen LogP contribution in [0.15, 0.2) is 41.1 Å². The van der Waals surface area contributed by atoms with Crippen LogP contribution in [0.25, 0.3) is 0 Å². The highest BCUT2D eigenvalue weighted by atomic mass is 28.3. The van der Waals surface area contributed by atoms with Crippen LogP contribution in [-0.4, -0.2) is 20.7 Å². The second kappa shape index (κ2) is 6.71. The molecule has 0 heterocycles. The molecule has 1 aromatic carbocycles. The number of ether oxygens (including phenoxy) is 1. The highest BCUT2D eigenvalue weighted by Gasteiger charge is 2.30. The minimum Gasteiger partial charge on any atom is -0.466 e. The lowest BCUT2D eigenvalue weighted by Crippen LogP contribution is -2.45. The lowest BCUT2D eigenvalue weighted by Gasteiger charge is -2.28. The van der Waals surface area contributed by atoms with Crippen LogP contribution in [0.3, 0.4) is 0 Å². The Hall–Kier alpha value is -1.35. The average Bonchev–Trinajstić information content (AvgIpc) is 2.37. The Morgan fingerprint density at radius 2 is 1.74 bits per heavy atom. The normalized spacial score (nSPS) is 11.0. The van der Waals surface area contributed by atoms with Crippen LogP contribution in [0.4, 0.5) is 0 Å². The summed E-state index contributed by atoms with van der Waals surface area (Å²) >= 11 is 0. The van der Waals surface area contributed by atoms with Gasteiger partial charge in [-0.15, -0.1) is 0 Å². The molecule has 104 valence electrons. The van der Waals surface area contributed by atoms with E-state index in [9.17, 15) is 4.79 Å². The number of carbonyl (C=O) groups is 1. The van der Waals surface area contributed by atoms with Crippen molar-refractivity contribution in [3.63, 3.8) is 0 Å². The van der Waals surface area contributed by atoms with Crippen LogP contribution < -0.4 is 5.19 Å². The lowest BCUT2D eigenvalue weighted by molar-refractivity contribution is -0.142. The maximum Gasteiger partial charge on any atom is 0.309 e. The Morgan fingerprint density at radius 3 is 2.21 bits per heavy atom. The Bertz CT molecular complexity index is 457. The van der Waals surface area contributed by atoms with Crippen molar-refractivity contribution in [1.82, 2.24) is 0 Å². The zero-order valence-corrected chi connectivity index (χ0v) is 13.6. The Kier molecular flexibility index (Phi) is 5.55. The summed E-state index contributed by atoms with van der Waals surface area (Å²) in [5.41, 5.74) is 1.24. The fraction of sp³-hybridized carbons (Fsp3) is 0.438. The summed E-state index contributed by atoms with van der Waals surface area (Å²) in [5.74, 6) is -0.116. The summed E-state index contributed by atoms with van der Waals surface area (Å²) in [7, 11) is -1.78. The predicted octanol–water partition coefficient (Wildman–Crippen LogP) is 3.43. The van der Waals surface area contributed by atoms with Gasteiger partial charge >= 0.3 is 5.97 Å². The van der Waals surface area contributed by atoms with Gasteiger partial charge < -0.3 is 4.74 Å². The second-order valence-corrected chi connectivity index (χ2v) is 9.88. The van der Waals surface area contributed by atoms with Crippen molar-refractivity contribution < 1.29 is 9.53 Å². The molecule has 0 aromatic heterocycles. The summed E-state index contributed by atoms with van der Waals surface area (Å²) in [4.78, 5) is 11.8. The van der Waals surface area contributed by atoms with Crippen molar-refractivity contribution in [2.75, 3.05) is 6.61 Å². The van der Waals surface area contributed by atoms with Gasteiger partial charge in [-0.2, -0.15) is 0 Å². The first kappa shape index (κ1) is 15.7. The van der Waals surface area contributed by atoms with Gasteiger partial charge in [0.25, 0.3) is 0 Å². The first-order valence-electron chi connectivity index (χ1n) is 6.77. The molecule has 0 atom stereocenters. The van der Waals surface area contributed by atoms with E-state index in [1.165, 1.54) is 16.0 Å². The van der Waals surface area contributed by atoms with E-state index in [2.05, 4.69) is 51.2 Å². The molecule has 0 amide bonds. The van der Waals surface area contributed by atoms with E-state index in [4.69, 9.17) is 4.74 Å². The molecule has 0 saturated carbocycles. The SMILES string of the molecule is CCOC(=O)CC(=C(C)C)[Si](C)(C)c1ccccc1. The molecular weight excluding hydrogens is 252 g/mol. The molecule has 1 rings (SSSR count). The third-order valence-electron chi connectivity index (χ3n) is 3.48. The molecule has 0 fully saturated rings. The third kappa shape index (κ3) is 4.06. The van der Waals surface area contributed by atoms with E-state index in [1.807, 2.05) is 13.0 Å². The third-order valence-corrected chi connectivity index (χ3v) is 7.44. The number of hydrogen-bond donors (Lipinski definition) is 0. The first-order valence-corrected chi connectivity index (χ1v) is 9.77. The minimum atomic E-state index is -1.78. The van der Waals surface area contributed by atoms with E-state index >= 15 is 0 Å². The van der Waals surface area contributed by atoms with Crippen LogP contribution in [-0.2, 0) is 9.53 Å². The number of rotatable bonds is 5. The number of carbonyl (C=O) groups excluding carboxylic acids is 1. The summed E-state index contributed by atoms with van der Waals surface area (Å²) in [6, 6.07) is 10.5. The van der Waals surface area contributed by atoms with Crippen molar-refractivity contribution in [1.29, 1.82) is 0 Å². The van der Waals surface area contributed by atoms with Gasteiger partial charge in [0.05, 0.1) is 13.0 Å². The van der Waals surface area contributed by atoms with Gasteiger partial charge in [0.15, 0.2) is 0 Å². The molecule has 0 aliphatic carbocycles. The van der Waals surface area contributed by atoms with Crippen LogP contribution in [0.1, 0.15) is 27.2 Å². The van der Waals surface area contributed by atoms with Gasteiger partial charge in [0, 0.05) is 0 Å². The second-order valence-electron chi connectivity index (χ2n) is 5.45. The zero-order chi connectivity index (χ0) is 14.5. The van der Waals surface area contributed by atoms with Crippen molar-refractivity contribution in [3.05, 3.63) is 41.1 Å². The Balaban J connectivity index is 3.07. The van der Waals surface area contributed by atoms with E-state index in [-0.39, 0.29) is 5.97 Å². The van der Waals surface area contributed by atoms with Crippen LogP contribution in [0.2, 0.25) is 13.1 Å². The van der Waals surface area contributed by atoms with Gasteiger partial charge in [-0.05, 0) is 20.8 Å². The summed E-state index contributed by atoms with van der Waals surface area (Å²) in [6.45, 7) is 11.1. The fourth-order valence-electron chi connectivity index (χ4n) is 2.41. The predicted molar refractivity (Wildman–Crippen MR) is 83.2 cm³/mol. The molecule has 0 radical (unpaired) electrons. The van der Waals surface area contributed by atoms with Gasteiger partial charge in [0.1, 0.15) is 8.07 Å². The molecule has 0 aliphatic heterocycles. The zero-order valence-electron chi connectivity index (χ0n) is 12.6. The van der Waals surface area contributed by atoms with Crippen LogP contribution in [0.5, 0.6) is 0 Å². The first-order chi connectivity index (χ1) is 8.89. The molecule has 0 unspecified atom stereocenters. The summed E-state index contributed by atoms with van der Waals surface area (Å²) in [6.07, 6.45) is 0.421. The van der Waals surface area contributed by atoms with Crippen LogP contribution >= 0.6 is 0 Å². The maximum atomic E-state index is 11.8. The van der Waals surface area contributed by atoms with Gasteiger partial charge in [-0.3, -0.25) is 4.79 Å². The average molecular weight is 276 g/mol. The largest absolute Gasteiger partial charge is 0.466 e. The maximum absolute atomic E-state index is 11.8. The smallest absolute Gasteiger partial charge is 0.309 e. The highest BCUT2D eigenvalue weighted by Crippen LogP contribution is 2.22. The standard InChI is InChI=1S/C16H24O2Si/c1-6-18-16(17)12-15(13(2)3)19(4,5)14-10-8-7-9-11-14/h7-11H,6,12H2,1-5H3. The van der Waals surface area contributed by atoms with E-state index in [0.29, 0.717) is 13.0 Å². The summed E-state index contributed by atoms with van der Waals surface area (Å²) < 4.78 is 5.10. The minimum absolute atomic E-state index is 0.116. The number of esters is 1. The molecule has 19 heavy (non-hydrogen) atoms.